The quantitative estimate of drug-likeness (QED) is 0.409. The van der Waals surface area contributed by atoms with Crippen molar-refractivity contribution in [3.8, 4) is 22.8 Å². The van der Waals surface area contributed by atoms with E-state index in [1.54, 1.807) is 37.6 Å². The number of anilines is 1. The van der Waals surface area contributed by atoms with Crippen LogP contribution in [0, 0.1) is 0 Å². The van der Waals surface area contributed by atoms with E-state index in [9.17, 15) is 4.79 Å². The van der Waals surface area contributed by atoms with Crippen LogP contribution in [0.2, 0.25) is 5.02 Å². The Balaban J connectivity index is 1.65. The highest BCUT2D eigenvalue weighted by Crippen LogP contribution is 2.33. The minimum atomic E-state index is -0.187. The predicted octanol–water partition coefficient (Wildman–Crippen LogP) is 4.72. The van der Waals surface area contributed by atoms with Gasteiger partial charge in [0, 0.05) is 16.9 Å². The number of carbonyl (C=O) groups excluding carboxylic acids is 1. The average molecular weight is 452 g/mol. The molecule has 1 N–H and O–H groups in total. The second-order valence-electron chi connectivity index (χ2n) is 6.37. The number of hydrogen-bond donors (Lipinski definition) is 1. The third-order valence-corrected chi connectivity index (χ3v) is 5.51. The molecule has 0 spiro atoms. The molecular weight excluding hydrogens is 434 g/mol. The molecule has 2 aromatic heterocycles. The Kier molecular flexibility index (Phi) is 6.49. The fourth-order valence-corrected chi connectivity index (χ4v) is 3.81. The Morgan fingerprint density at radius 2 is 1.84 bits per heavy atom. The maximum Gasteiger partial charge on any atom is 0.236 e. The molecule has 0 aliphatic heterocycles. The first-order valence-corrected chi connectivity index (χ1v) is 10.7. The number of nitrogens with zero attached hydrogens (tertiary/aromatic N) is 4. The highest BCUT2D eigenvalue weighted by Gasteiger charge is 2.19. The molecular formula is C22H18ClN5O2S. The van der Waals surface area contributed by atoms with E-state index < -0.39 is 0 Å². The van der Waals surface area contributed by atoms with Gasteiger partial charge in [-0.05, 0) is 48.5 Å². The molecule has 4 aromatic rings. The first-order valence-electron chi connectivity index (χ1n) is 9.34. The van der Waals surface area contributed by atoms with Crippen LogP contribution in [0.4, 0.5) is 5.82 Å². The number of para-hydroxylation sites is 1. The number of methoxy groups -OCH3 is 1. The van der Waals surface area contributed by atoms with Gasteiger partial charge in [-0.2, -0.15) is 0 Å². The van der Waals surface area contributed by atoms with Crippen molar-refractivity contribution in [3.63, 3.8) is 0 Å². The summed E-state index contributed by atoms with van der Waals surface area (Å²) in [4.78, 5) is 16.5. The molecule has 0 aliphatic carbocycles. The highest BCUT2D eigenvalue weighted by atomic mass is 35.5. The number of carbonyl (C=O) groups is 1. The van der Waals surface area contributed by atoms with Crippen LogP contribution in [0.3, 0.4) is 0 Å². The molecule has 2 aromatic carbocycles. The lowest BCUT2D eigenvalue weighted by molar-refractivity contribution is -0.113. The van der Waals surface area contributed by atoms with Crippen LogP contribution in [-0.2, 0) is 4.79 Å². The van der Waals surface area contributed by atoms with Crippen LogP contribution in [0.5, 0.6) is 5.75 Å². The van der Waals surface area contributed by atoms with Gasteiger partial charge in [-0.3, -0.25) is 9.36 Å². The topological polar surface area (TPSA) is 81.9 Å². The largest absolute Gasteiger partial charge is 0.496 e. The van der Waals surface area contributed by atoms with Crippen molar-refractivity contribution in [1.29, 1.82) is 0 Å². The molecule has 2 heterocycles. The molecule has 1 amide bonds. The normalized spacial score (nSPS) is 10.6. The van der Waals surface area contributed by atoms with Crippen molar-refractivity contribution in [1.82, 2.24) is 19.7 Å². The summed E-state index contributed by atoms with van der Waals surface area (Å²) in [5.41, 5.74) is 1.61. The standard InChI is InChI=1S/C22H18ClN5O2S/c1-30-18-7-3-2-6-17(18)21-26-27-22(28(21)16-11-9-15(23)10-12-16)31-14-20(29)25-19-8-4-5-13-24-19/h2-13H,14H2,1H3,(H,24,25,29). The predicted molar refractivity (Wildman–Crippen MR) is 122 cm³/mol. The van der Waals surface area contributed by atoms with Crippen LogP contribution in [0.15, 0.2) is 78.1 Å². The number of ether oxygens (including phenoxy) is 1. The molecule has 9 heteroatoms. The number of benzene rings is 2. The molecule has 0 saturated carbocycles. The molecule has 0 radical (unpaired) electrons. The summed E-state index contributed by atoms with van der Waals surface area (Å²) in [6.07, 6.45) is 1.62. The molecule has 0 fully saturated rings. The molecule has 0 atom stereocenters. The van der Waals surface area contributed by atoms with Gasteiger partial charge in [0.1, 0.15) is 11.6 Å². The lowest BCUT2D eigenvalue weighted by Crippen LogP contribution is -2.15. The van der Waals surface area contributed by atoms with Crippen molar-refractivity contribution in [2.45, 2.75) is 5.16 Å². The van der Waals surface area contributed by atoms with Gasteiger partial charge in [0.05, 0.1) is 18.4 Å². The molecule has 0 bridgehead atoms. The molecule has 0 aliphatic rings. The third-order valence-electron chi connectivity index (χ3n) is 4.33. The van der Waals surface area contributed by atoms with Gasteiger partial charge in [0.25, 0.3) is 0 Å². The average Bonchev–Trinajstić information content (AvgIpc) is 3.22. The summed E-state index contributed by atoms with van der Waals surface area (Å²) in [5.74, 6) is 1.74. The fraction of sp³-hybridized carbons (Fsp3) is 0.0909. The number of thioether (sulfide) groups is 1. The second-order valence-corrected chi connectivity index (χ2v) is 7.75. The second kappa shape index (κ2) is 9.63. The van der Waals surface area contributed by atoms with E-state index in [0.717, 1.165) is 11.3 Å². The zero-order chi connectivity index (χ0) is 21.6. The summed E-state index contributed by atoms with van der Waals surface area (Å²) in [7, 11) is 1.61. The molecule has 7 nitrogen and oxygen atoms in total. The van der Waals surface area contributed by atoms with E-state index in [0.29, 0.717) is 27.6 Å². The lowest BCUT2D eigenvalue weighted by atomic mass is 10.2. The minimum Gasteiger partial charge on any atom is -0.496 e. The summed E-state index contributed by atoms with van der Waals surface area (Å²) >= 11 is 7.35. The van der Waals surface area contributed by atoms with Crippen LogP contribution in [0.1, 0.15) is 0 Å². The highest BCUT2D eigenvalue weighted by molar-refractivity contribution is 7.99. The Hall–Kier alpha value is -3.36. The van der Waals surface area contributed by atoms with Crippen LogP contribution >= 0.6 is 23.4 Å². The monoisotopic (exact) mass is 451 g/mol. The molecule has 4 rings (SSSR count). The number of hydrogen-bond acceptors (Lipinski definition) is 6. The third kappa shape index (κ3) is 4.87. The number of amides is 1. The van der Waals surface area contributed by atoms with E-state index in [2.05, 4.69) is 20.5 Å². The molecule has 31 heavy (non-hydrogen) atoms. The van der Waals surface area contributed by atoms with E-state index in [1.165, 1.54) is 11.8 Å². The molecule has 0 unspecified atom stereocenters. The minimum absolute atomic E-state index is 0.147. The first-order chi connectivity index (χ1) is 15.2. The van der Waals surface area contributed by atoms with Gasteiger partial charge < -0.3 is 10.1 Å². The summed E-state index contributed by atoms with van der Waals surface area (Å²) in [6.45, 7) is 0. The maximum absolute atomic E-state index is 12.4. The Bertz CT molecular complexity index is 1180. The molecule has 156 valence electrons. The van der Waals surface area contributed by atoms with E-state index in [4.69, 9.17) is 16.3 Å². The lowest BCUT2D eigenvalue weighted by Gasteiger charge is -2.12. The Labute approximate surface area is 188 Å². The van der Waals surface area contributed by atoms with Gasteiger partial charge in [-0.1, -0.05) is 41.6 Å². The van der Waals surface area contributed by atoms with E-state index >= 15 is 0 Å². The smallest absolute Gasteiger partial charge is 0.236 e. The number of nitrogens with one attached hydrogen (secondary N) is 1. The van der Waals surface area contributed by atoms with Gasteiger partial charge in [0.15, 0.2) is 11.0 Å². The van der Waals surface area contributed by atoms with Crippen LogP contribution in [0.25, 0.3) is 17.1 Å². The van der Waals surface area contributed by atoms with Crippen molar-refractivity contribution < 1.29 is 9.53 Å². The van der Waals surface area contributed by atoms with E-state index in [1.807, 2.05) is 47.0 Å². The molecule has 0 saturated heterocycles. The Morgan fingerprint density at radius 3 is 2.58 bits per heavy atom. The maximum atomic E-state index is 12.4. The number of rotatable bonds is 7. The van der Waals surface area contributed by atoms with Crippen molar-refractivity contribution in [3.05, 3.63) is 77.9 Å². The summed E-state index contributed by atoms with van der Waals surface area (Å²) in [5, 5.41) is 12.7. The Morgan fingerprint density at radius 1 is 1.06 bits per heavy atom. The van der Waals surface area contributed by atoms with Crippen molar-refractivity contribution in [2.24, 2.45) is 0 Å². The van der Waals surface area contributed by atoms with Crippen molar-refractivity contribution >= 4 is 35.1 Å². The van der Waals surface area contributed by atoms with Gasteiger partial charge in [0.2, 0.25) is 5.91 Å². The van der Waals surface area contributed by atoms with Crippen LogP contribution < -0.4 is 10.1 Å². The summed E-state index contributed by atoms with van der Waals surface area (Å²) < 4.78 is 7.39. The number of pyridine rings is 1. The summed E-state index contributed by atoms with van der Waals surface area (Å²) in [6, 6.07) is 20.3. The zero-order valence-electron chi connectivity index (χ0n) is 16.5. The van der Waals surface area contributed by atoms with Gasteiger partial charge in [-0.25, -0.2) is 4.98 Å². The SMILES string of the molecule is COc1ccccc1-c1nnc(SCC(=O)Nc2ccccn2)n1-c1ccc(Cl)cc1. The van der Waals surface area contributed by atoms with Crippen molar-refractivity contribution in [2.75, 3.05) is 18.2 Å². The van der Waals surface area contributed by atoms with E-state index in [-0.39, 0.29) is 11.7 Å². The zero-order valence-corrected chi connectivity index (χ0v) is 18.1. The first kappa shape index (κ1) is 20.9. The van der Waals surface area contributed by atoms with Gasteiger partial charge >= 0.3 is 0 Å². The fourth-order valence-electron chi connectivity index (χ4n) is 2.94. The number of aromatic nitrogens is 4. The number of halogens is 1. The van der Waals surface area contributed by atoms with Crippen LogP contribution in [-0.4, -0.2) is 38.5 Å². The van der Waals surface area contributed by atoms with Gasteiger partial charge in [-0.15, -0.1) is 10.2 Å².